The van der Waals surface area contributed by atoms with Crippen LogP contribution >= 0.6 is 11.6 Å². The molecule has 0 bridgehead atoms. The number of methoxy groups -OCH3 is 1. The van der Waals surface area contributed by atoms with E-state index in [-0.39, 0.29) is 12.1 Å². The van der Waals surface area contributed by atoms with Crippen molar-refractivity contribution < 1.29 is 14.3 Å². The van der Waals surface area contributed by atoms with Crippen molar-refractivity contribution >= 4 is 17.6 Å². The summed E-state index contributed by atoms with van der Waals surface area (Å²) in [5.41, 5.74) is 0.435. The number of ether oxygens (including phenoxy) is 2. The molecule has 3 nitrogen and oxygen atoms in total. The first kappa shape index (κ1) is 13.2. The number of hydrogen-bond donors (Lipinski definition) is 0. The maximum Gasteiger partial charge on any atom is 0.316 e. The highest BCUT2D eigenvalue weighted by Crippen LogP contribution is 2.50. The number of rotatable bonds is 4. The summed E-state index contributed by atoms with van der Waals surface area (Å²) in [4.78, 5) is 11.8. The lowest BCUT2D eigenvalue weighted by Crippen LogP contribution is -2.21. The largest absolute Gasteiger partial charge is 0.489 e. The van der Waals surface area contributed by atoms with Gasteiger partial charge in [0.05, 0.1) is 23.7 Å². The molecule has 0 aliphatic heterocycles. The molecule has 0 radical (unpaired) electrons. The minimum atomic E-state index is -0.477. The quantitative estimate of drug-likeness (QED) is 0.786. The van der Waals surface area contributed by atoms with Crippen molar-refractivity contribution in [3.8, 4) is 5.75 Å². The predicted octanol–water partition coefficient (Wildman–Crippen LogP) is 3.33. The van der Waals surface area contributed by atoms with Crippen molar-refractivity contribution in [2.75, 3.05) is 7.11 Å². The van der Waals surface area contributed by atoms with Gasteiger partial charge in [0.25, 0.3) is 0 Å². The van der Waals surface area contributed by atoms with E-state index in [0.717, 1.165) is 18.4 Å². The Balaban J connectivity index is 2.27. The Morgan fingerprint density at radius 2 is 2.06 bits per heavy atom. The van der Waals surface area contributed by atoms with E-state index in [9.17, 15) is 4.79 Å². The van der Waals surface area contributed by atoms with Crippen LogP contribution in [0.1, 0.15) is 32.3 Å². The first-order valence-corrected chi connectivity index (χ1v) is 6.42. The number of halogens is 1. The maximum atomic E-state index is 11.8. The predicted molar refractivity (Wildman–Crippen MR) is 70.1 cm³/mol. The summed E-state index contributed by atoms with van der Waals surface area (Å²) in [6.07, 6.45) is 1.71. The first-order valence-electron chi connectivity index (χ1n) is 6.05. The molecule has 0 unspecified atom stereocenters. The summed E-state index contributed by atoms with van der Waals surface area (Å²) in [7, 11) is 1.42. The fraction of sp³-hybridized carbons (Fsp3) is 0.500. The highest BCUT2D eigenvalue weighted by molar-refractivity contribution is 6.32. The van der Waals surface area contributed by atoms with Gasteiger partial charge in [-0.25, -0.2) is 0 Å². The van der Waals surface area contributed by atoms with Crippen LogP contribution in [0.5, 0.6) is 5.75 Å². The van der Waals surface area contributed by atoms with Gasteiger partial charge in [0.1, 0.15) is 5.75 Å². The minimum Gasteiger partial charge on any atom is -0.489 e. The molecule has 1 saturated carbocycles. The minimum absolute atomic E-state index is 0.0730. The van der Waals surface area contributed by atoms with E-state index in [1.54, 1.807) is 0 Å². The molecule has 1 aromatic rings. The standard InChI is InChI=1S/C14H17ClO3/c1-9(2)18-12-5-4-10(8-11(12)15)14(6-7-14)13(16)17-3/h4-5,8-9H,6-7H2,1-3H3. The normalized spacial score (nSPS) is 16.5. The molecule has 4 heteroatoms. The third-order valence-electron chi connectivity index (χ3n) is 3.17. The summed E-state index contributed by atoms with van der Waals surface area (Å²) in [5, 5.41) is 0.538. The van der Waals surface area contributed by atoms with Gasteiger partial charge in [-0.2, -0.15) is 0 Å². The molecule has 98 valence electrons. The van der Waals surface area contributed by atoms with Crippen molar-refractivity contribution in [3.63, 3.8) is 0 Å². The Hall–Kier alpha value is -1.22. The molecule has 0 heterocycles. The molecule has 1 aliphatic carbocycles. The lowest BCUT2D eigenvalue weighted by molar-refractivity contribution is -0.143. The van der Waals surface area contributed by atoms with Gasteiger partial charge in [-0.1, -0.05) is 17.7 Å². The van der Waals surface area contributed by atoms with E-state index in [2.05, 4.69) is 0 Å². The molecule has 0 amide bonds. The zero-order valence-electron chi connectivity index (χ0n) is 10.8. The monoisotopic (exact) mass is 268 g/mol. The number of carbonyl (C=O) groups is 1. The molecule has 0 N–H and O–H groups in total. The molecule has 1 fully saturated rings. The Bertz CT molecular complexity index is 464. The number of hydrogen-bond acceptors (Lipinski definition) is 3. The van der Waals surface area contributed by atoms with Crippen LogP contribution in [0.25, 0.3) is 0 Å². The van der Waals surface area contributed by atoms with E-state index in [0.29, 0.717) is 10.8 Å². The van der Waals surface area contributed by atoms with Crippen molar-refractivity contribution in [3.05, 3.63) is 28.8 Å². The van der Waals surface area contributed by atoms with Gasteiger partial charge in [-0.15, -0.1) is 0 Å². The topological polar surface area (TPSA) is 35.5 Å². The molecular formula is C14H17ClO3. The third-order valence-corrected chi connectivity index (χ3v) is 3.47. The van der Waals surface area contributed by atoms with E-state index in [4.69, 9.17) is 21.1 Å². The van der Waals surface area contributed by atoms with Gasteiger partial charge in [-0.3, -0.25) is 4.79 Å². The lowest BCUT2D eigenvalue weighted by Gasteiger charge is -2.16. The number of carbonyl (C=O) groups excluding carboxylic acids is 1. The molecule has 0 saturated heterocycles. The maximum absolute atomic E-state index is 11.8. The van der Waals surface area contributed by atoms with Crippen molar-refractivity contribution in [1.82, 2.24) is 0 Å². The molecule has 0 aromatic heterocycles. The smallest absolute Gasteiger partial charge is 0.316 e. The summed E-state index contributed by atoms with van der Waals surface area (Å²) < 4.78 is 10.4. The van der Waals surface area contributed by atoms with Gasteiger partial charge in [0.2, 0.25) is 0 Å². The first-order chi connectivity index (χ1) is 8.49. The molecule has 1 aliphatic rings. The molecular weight excluding hydrogens is 252 g/mol. The Labute approximate surface area is 112 Å². The van der Waals surface area contributed by atoms with Crippen LogP contribution in [0.4, 0.5) is 0 Å². The Morgan fingerprint density at radius 1 is 1.39 bits per heavy atom. The average Bonchev–Trinajstić information content (AvgIpc) is 3.11. The SMILES string of the molecule is COC(=O)C1(c2ccc(OC(C)C)c(Cl)c2)CC1. The zero-order chi connectivity index (χ0) is 13.3. The third kappa shape index (κ3) is 2.32. The van der Waals surface area contributed by atoms with Gasteiger partial charge in [0, 0.05) is 0 Å². The summed E-state index contributed by atoms with van der Waals surface area (Å²) in [5.74, 6) is 0.465. The highest BCUT2D eigenvalue weighted by Gasteiger charge is 2.52. The van der Waals surface area contributed by atoms with Crippen LogP contribution in [0.2, 0.25) is 5.02 Å². The summed E-state index contributed by atoms with van der Waals surface area (Å²) >= 11 is 6.18. The lowest BCUT2D eigenvalue weighted by atomic mass is 9.96. The molecule has 18 heavy (non-hydrogen) atoms. The fourth-order valence-electron chi connectivity index (χ4n) is 2.08. The van der Waals surface area contributed by atoms with Crippen LogP contribution in [-0.4, -0.2) is 19.2 Å². The van der Waals surface area contributed by atoms with Crippen molar-refractivity contribution in [2.45, 2.75) is 38.2 Å². The van der Waals surface area contributed by atoms with E-state index in [1.807, 2.05) is 32.0 Å². The van der Waals surface area contributed by atoms with Crippen molar-refractivity contribution in [2.24, 2.45) is 0 Å². The summed E-state index contributed by atoms with van der Waals surface area (Å²) in [6.45, 7) is 3.89. The summed E-state index contributed by atoms with van der Waals surface area (Å²) in [6, 6.07) is 5.53. The second-order valence-electron chi connectivity index (χ2n) is 4.89. The average molecular weight is 269 g/mol. The molecule has 2 rings (SSSR count). The Morgan fingerprint density at radius 3 is 2.50 bits per heavy atom. The Kier molecular flexibility index (Phi) is 3.53. The number of benzene rings is 1. The second kappa shape index (κ2) is 4.81. The van der Waals surface area contributed by atoms with Crippen LogP contribution < -0.4 is 4.74 Å². The second-order valence-corrected chi connectivity index (χ2v) is 5.29. The van der Waals surface area contributed by atoms with Gasteiger partial charge in [-0.05, 0) is 44.4 Å². The molecule has 1 aromatic carbocycles. The zero-order valence-corrected chi connectivity index (χ0v) is 11.6. The van der Waals surface area contributed by atoms with Gasteiger partial charge >= 0.3 is 5.97 Å². The molecule has 0 spiro atoms. The van der Waals surface area contributed by atoms with Gasteiger partial charge in [0.15, 0.2) is 0 Å². The van der Waals surface area contributed by atoms with Gasteiger partial charge < -0.3 is 9.47 Å². The van der Waals surface area contributed by atoms with E-state index >= 15 is 0 Å². The van der Waals surface area contributed by atoms with Crippen LogP contribution in [0.15, 0.2) is 18.2 Å². The highest BCUT2D eigenvalue weighted by atomic mass is 35.5. The van der Waals surface area contributed by atoms with Crippen LogP contribution in [0, 0.1) is 0 Å². The van der Waals surface area contributed by atoms with Crippen LogP contribution in [-0.2, 0) is 14.9 Å². The molecule has 0 atom stereocenters. The van der Waals surface area contributed by atoms with E-state index in [1.165, 1.54) is 7.11 Å². The van der Waals surface area contributed by atoms with Crippen LogP contribution in [0.3, 0.4) is 0 Å². The fourth-order valence-corrected chi connectivity index (χ4v) is 2.30. The van der Waals surface area contributed by atoms with Crippen molar-refractivity contribution in [1.29, 1.82) is 0 Å². The number of esters is 1. The van der Waals surface area contributed by atoms with E-state index < -0.39 is 5.41 Å².